The first-order valence-corrected chi connectivity index (χ1v) is 8.15. The van der Waals surface area contributed by atoms with Gasteiger partial charge in [-0.3, -0.25) is 0 Å². The maximum atomic E-state index is 10.3. The second-order valence-corrected chi connectivity index (χ2v) is 6.14. The quantitative estimate of drug-likeness (QED) is 0.315. The number of unbranched alkanes of at least 4 members (excludes halogenated alkanes) is 5. The van der Waals surface area contributed by atoms with E-state index in [0.717, 1.165) is 44.9 Å². The van der Waals surface area contributed by atoms with Gasteiger partial charge in [-0.15, -0.1) is 0 Å². The molecule has 1 N–H and O–H groups in total. The molecule has 0 heterocycles. The Bertz CT molecular complexity index is 267. The molecule has 104 valence electrons. The summed E-state index contributed by atoms with van der Waals surface area (Å²) in [6.07, 6.45) is 7.83. The predicted molar refractivity (Wildman–Crippen MR) is 67.8 cm³/mol. The molecule has 0 rings (SSSR count). The van der Waals surface area contributed by atoms with Crippen molar-refractivity contribution in [3.63, 3.8) is 0 Å². The molecular formula is C12H25KO4S. The third-order valence-electron chi connectivity index (χ3n) is 2.82. The molecule has 18 heavy (non-hydrogen) atoms. The van der Waals surface area contributed by atoms with Gasteiger partial charge in [-0.05, 0) is 19.3 Å². The van der Waals surface area contributed by atoms with E-state index in [1.54, 1.807) is 0 Å². The molecule has 0 aliphatic carbocycles. The van der Waals surface area contributed by atoms with Crippen molar-refractivity contribution < 1.29 is 69.5 Å². The topological polar surface area (TPSA) is 77.4 Å². The predicted octanol–water partition coefficient (Wildman–Crippen LogP) is -0.573. The molecular weight excluding hydrogens is 279 g/mol. The molecule has 0 saturated heterocycles. The van der Waals surface area contributed by atoms with Crippen molar-refractivity contribution in [2.24, 2.45) is 0 Å². The molecule has 0 aliphatic rings. The summed E-state index contributed by atoms with van der Waals surface area (Å²) in [5.74, 6) is -0.258. The van der Waals surface area contributed by atoms with Gasteiger partial charge in [-0.2, -0.15) is 0 Å². The second-order valence-electron chi connectivity index (χ2n) is 4.61. The van der Waals surface area contributed by atoms with E-state index in [2.05, 4.69) is 6.92 Å². The van der Waals surface area contributed by atoms with Crippen molar-refractivity contribution >= 4 is 10.1 Å². The van der Waals surface area contributed by atoms with Gasteiger partial charge in [0.1, 0.15) is 0 Å². The third kappa shape index (κ3) is 17.5. The number of hydrogen-bond acceptors (Lipinski definition) is 4. The van der Waals surface area contributed by atoms with Gasteiger partial charge >= 0.3 is 51.4 Å². The Kier molecular flexibility index (Phi) is 16.3. The average molecular weight is 304 g/mol. The average Bonchev–Trinajstić information content (AvgIpc) is 2.22. The van der Waals surface area contributed by atoms with Crippen molar-refractivity contribution in [3.05, 3.63) is 0 Å². The monoisotopic (exact) mass is 304 g/mol. The van der Waals surface area contributed by atoms with Crippen LogP contribution in [0.25, 0.3) is 0 Å². The zero-order chi connectivity index (χ0) is 13.1. The van der Waals surface area contributed by atoms with Crippen LogP contribution in [0.4, 0.5) is 0 Å². The Labute approximate surface area is 154 Å². The number of aliphatic hydroxyl groups is 1. The number of rotatable bonds is 11. The standard InChI is InChI=1S/C12H26O4S.K/c1-2-3-6-9-12(13)10-7-4-5-8-11-17(14,15)16;/h12-13H,2-11H2,1H3,(H,14,15,16);/q;+1/p-1. The minimum absolute atomic E-state index is 0. The van der Waals surface area contributed by atoms with Gasteiger partial charge in [0.05, 0.1) is 16.2 Å². The first-order valence-electron chi connectivity index (χ1n) is 6.57. The van der Waals surface area contributed by atoms with Gasteiger partial charge in [0.25, 0.3) is 0 Å². The summed E-state index contributed by atoms with van der Waals surface area (Å²) in [5, 5.41) is 9.62. The largest absolute Gasteiger partial charge is 1.00 e. The number of aliphatic hydroxyl groups excluding tert-OH is 1. The fourth-order valence-corrected chi connectivity index (χ4v) is 2.34. The molecule has 0 saturated carbocycles. The van der Waals surface area contributed by atoms with E-state index in [9.17, 15) is 18.1 Å². The first kappa shape index (κ1) is 21.8. The summed E-state index contributed by atoms with van der Waals surface area (Å²) in [5.41, 5.74) is 0. The summed E-state index contributed by atoms with van der Waals surface area (Å²) in [7, 11) is -4.04. The minimum Gasteiger partial charge on any atom is -0.748 e. The Morgan fingerprint density at radius 3 is 2.00 bits per heavy atom. The molecule has 1 unspecified atom stereocenters. The molecule has 0 bridgehead atoms. The molecule has 0 aromatic carbocycles. The van der Waals surface area contributed by atoms with Crippen molar-refractivity contribution in [2.75, 3.05) is 5.75 Å². The van der Waals surface area contributed by atoms with Crippen LogP contribution < -0.4 is 51.4 Å². The van der Waals surface area contributed by atoms with Crippen molar-refractivity contribution in [2.45, 2.75) is 70.8 Å². The SMILES string of the molecule is CCCCCC(O)CCCCCCS(=O)(=O)[O-].[K+]. The van der Waals surface area contributed by atoms with Gasteiger partial charge in [-0.25, -0.2) is 8.42 Å². The van der Waals surface area contributed by atoms with E-state index in [-0.39, 0.29) is 63.2 Å². The minimum atomic E-state index is -4.04. The molecule has 0 spiro atoms. The molecule has 0 amide bonds. The second kappa shape index (κ2) is 13.5. The molecule has 4 nitrogen and oxygen atoms in total. The van der Waals surface area contributed by atoms with E-state index in [1.807, 2.05) is 0 Å². The maximum absolute atomic E-state index is 10.3. The van der Waals surface area contributed by atoms with Gasteiger partial charge < -0.3 is 9.66 Å². The molecule has 1 atom stereocenters. The maximum Gasteiger partial charge on any atom is 1.00 e. The van der Waals surface area contributed by atoms with Crippen LogP contribution in [0.5, 0.6) is 0 Å². The summed E-state index contributed by atoms with van der Waals surface area (Å²) in [6, 6.07) is 0. The van der Waals surface area contributed by atoms with E-state index in [0.29, 0.717) is 6.42 Å². The third-order valence-corrected chi connectivity index (χ3v) is 3.61. The van der Waals surface area contributed by atoms with Gasteiger partial charge in [-0.1, -0.05) is 45.4 Å². The van der Waals surface area contributed by atoms with Crippen LogP contribution >= 0.6 is 0 Å². The van der Waals surface area contributed by atoms with E-state index >= 15 is 0 Å². The molecule has 0 radical (unpaired) electrons. The Balaban J connectivity index is 0. The zero-order valence-corrected chi connectivity index (χ0v) is 15.7. The van der Waals surface area contributed by atoms with Crippen molar-refractivity contribution in [1.29, 1.82) is 0 Å². The van der Waals surface area contributed by atoms with E-state index in [1.165, 1.54) is 6.42 Å². The van der Waals surface area contributed by atoms with Crippen LogP contribution in [0.2, 0.25) is 0 Å². The summed E-state index contributed by atoms with van der Waals surface area (Å²) in [4.78, 5) is 0. The smallest absolute Gasteiger partial charge is 0.748 e. The Morgan fingerprint density at radius 2 is 1.50 bits per heavy atom. The Hall–Kier alpha value is 1.51. The van der Waals surface area contributed by atoms with Crippen LogP contribution in [0.3, 0.4) is 0 Å². The molecule has 6 heteroatoms. The van der Waals surface area contributed by atoms with Crippen molar-refractivity contribution in [3.8, 4) is 0 Å². The van der Waals surface area contributed by atoms with Gasteiger partial charge in [0.15, 0.2) is 0 Å². The summed E-state index contributed by atoms with van der Waals surface area (Å²) in [6.45, 7) is 2.14. The first-order chi connectivity index (χ1) is 7.95. The normalized spacial score (nSPS) is 13.1. The fourth-order valence-electron chi connectivity index (χ4n) is 1.79. The molecule has 0 aliphatic heterocycles. The molecule has 0 fully saturated rings. The van der Waals surface area contributed by atoms with E-state index in [4.69, 9.17) is 0 Å². The summed E-state index contributed by atoms with van der Waals surface area (Å²) < 4.78 is 31.0. The van der Waals surface area contributed by atoms with Crippen LogP contribution in [-0.2, 0) is 10.1 Å². The van der Waals surface area contributed by atoms with Crippen molar-refractivity contribution in [1.82, 2.24) is 0 Å². The molecule has 0 aromatic rings. The molecule has 0 aromatic heterocycles. The Morgan fingerprint density at radius 1 is 1.00 bits per heavy atom. The van der Waals surface area contributed by atoms with Gasteiger partial charge in [0.2, 0.25) is 0 Å². The number of hydrogen-bond donors (Lipinski definition) is 1. The zero-order valence-electron chi connectivity index (χ0n) is 11.7. The van der Waals surface area contributed by atoms with Gasteiger partial charge in [0, 0.05) is 5.75 Å². The van der Waals surface area contributed by atoms with Crippen LogP contribution in [-0.4, -0.2) is 29.9 Å². The van der Waals surface area contributed by atoms with Crippen LogP contribution in [0.1, 0.15) is 64.7 Å². The fraction of sp³-hybridized carbons (Fsp3) is 1.00. The van der Waals surface area contributed by atoms with Crippen LogP contribution in [0, 0.1) is 0 Å². The summed E-state index contributed by atoms with van der Waals surface area (Å²) >= 11 is 0. The van der Waals surface area contributed by atoms with E-state index < -0.39 is 10.1 Å². The van der Waals surface area contributed by atoms with Crippen LogP contribution in [0.15, 0.2) is 0 Å².